The fraction of sp³-hybridized carbons (Fsp3) is 0.300. The first kappa shape index (κ1) is 12.1. The molecule has 0 fully saturated rings. The van der Waals surface area contributed by atoms with Gasteiger partial charge in [0.2, 0.25) is 5.95 Å². The predicted molar refractivity (Wildman–Crippen MR) is 53.1 cm³/mol. The molecule has 6 heteroatoms. The van der Waals surface area contributed by atoms with Gasteiger partial charge in [0.25, 0.3) is 5.91 Å². The van der Waals surface area contributed by atoms with Crippen molar-refractivity contribution in [2.24, 2.45) is 0 Å². The van der Waals surface area contributed by atoms with Crippen LogP contribution in [0.15, 0.2) is 18.3 Å². The molecule has 0 aliphatic rings. The van der Waals surface area contributed by atoms with Gasteiger partial charge in [-0.15, -0.1) is 0 Å². The second-order valence-corrected chi connectivity index (χ2v) is 3.09. The van der Waals surface area contributed by atoms with Crippen molar-refractivity contribution in [2.75, 3.05) is 7.11 Å². The highest BCUT2D eigenvalue weighted by atomic mass is 19.1. The molecule has 5 nitrogen and oxygen atoms in total. The number of hydrogen-bond donors (Lipinski definition) is 1. The monoisotopic (exact) mass is 226 g/mol. The van der Waals surface area contributed by atoms with Gasteiger partial charge in [0, 0.05) is 6.20 Å². The van der Waals surface area contributed by atoms with E-state index >= 15 is 0 Å². The van der Waals surface area contributed by atoms with Crippen molar-refractivity contribution in [3.05, 3.63) is 29.8 Å². The number of carbonyl (C=O) groups excluding carboxylic acids is 2. The van der Waals surface area contributed by atoms with Gasteiger partial charge in [-0.1, -0.05) is 0 Å². The molecule has 0 aliphatic heterocycles. The molecular weight excluding hydrogens is 215 g/mol. The summed E-state index contributed by atoms with van der Waals surface area (Å²) in [6, 6.07) is 1.59. The zero-order chi connectivity index (χ0) is 12.1. The summed E-state index contributed by atoms with van der Waals surface area (Å²) in [7, 11) is 1.23. The van der Waals surface area contributed by atoms with E-state index in [0.29, 0.717) is 0 Å². The van der Waals surface area contributed by atoms with Crippen molar-refractivity contribution < 1.29 is 18.7 Å². The zero-order valence-electron chi connectivity index (χ0n) is 8.86. The van der Waals surface area contributed by atoms with Crippen LogP contribution in [0.3, 0.4) is 0 Å². The molecular formula is C10H11FN2O3. The minimum absolute atomic E-state index is 0.178. The minimum atomic E-state index is -0.762. The van der Waals surface area contributed by atoms with Crippen LogP contribution >= 0.6 is 0 Å². The minimum Gasteiger partial charge on any atom is -0.467 e. The first-order valence-electron chi connectivity index (χ1n) is 4.55. The second-order valence-electron chi connectivity index (χ2n) is 3.09. The molecule has 1 amide bonds. The number of nitrogens with one attached hydrogen (secondary N) is 1. The van der Waals surface area contributed by atoms with Crippen molar-refractivity contribution >= 4 is 11.9 Å². The number of methoxy groups -OCH3 is 1. The van der Waals surface area contributed by atoms with Crippen LogP contribution in [-0.2, 0) is 9.53 Å². The highest BCUT2D eigenvalue weighted by Gasteiger charge is 2.16. The van der Waals surface area contributed by atoms with E-state index in [0.717, 1.165) is 12.3 Å². The summed E-state index contributed by atoms with van der Waals surface area (Å²) < 4.78 is 16.9. The Balaban J connectivity index is 2.65. The third kappa shape index (κ3) is 3.01. The maximum absolute atomic E-state index is 12.5. The SMILES string of the molecule is COC(=O)[C@H](C)NC(=O)c1ccc(F)nc1. The highest BCUT2D eigenvalue weighted by Crippen LogP contribution is 1.99. The number of carbonyl (C=O) groups is 2. The molecule has 1 aromatic rings. The Morgan fingerprint density at radius 3 is 2.69 bits per heavy atom. The van der Waals surface area contributed by atoms with Crippen LogP contribution < -0.4 is 5.32 Å². The van der Waals surface area contributed by atoms with Crippen molar-refractivity contribution in [3.8, 4) is 0 Å². The summed E-state index contributed by atoms with van der Waals surface area (Å²) in [6.07, 6.45) is 1.09. The number of nitrogens with zero attached hydrogens (tertiary/aromatic N) is 1. The van der Waals surface area contributed by atoms with Crippen LogP contribution in [-0.4, -0.2) is 30.0 Å². The van der Waals surface area contributed by atoms with Crippen molar-refractivity contribution in [3.63, 3.8) is 0 Å². The summed E-state index contributed by atoms with van der Waals surface area (Å²) in [6.45, 7) is 1.49. The fourth-order valence-corrected chi connectivity index (χ4v) is 1.03. The first-order chi connectivity index (χ1) is 7.54. The molecule has 0 aromatic carbocycles. The Kier molecular flexibility index (Phi) is 3.93. The molecule has 1 rings (SSSR count). The Morgan fingerprint density at radius 1 is 1.50 bits per heavy atom. The number of ether oxygens (including phenoxy) is 1. The van der Waals surface area contributed by atoms with E-state index in [1.165, 1.54) is 20.1 Å². The van der Waals surface area contributed by atoms with Crippen LogP contribution in [0.25, 0.3) is 0 Å². The van der Waals surface area contributed by atoms with Crippen LogP contribution in [0.1, 0.15) is 17.3 Å². The number of aromatic nitrogens is 1. The van der Waals surface area contributed by atoms with Crippen molar-refractivity contribution in [1.29, 1.82) is 0 Å². The Morgan fingerprint density at radius 2 is 2.19 bits per heavy atom. The molecule has 1 N–H and O–H groups in total. The molecule has 0 saturated carbocycles. The maximum atomic E-state index is 12.5. The highest BCUT2D eigenvalue weighted by molar-refractivity contribution is 5.96. The maximum Gasteiger partial charge on any atom is 0.328 e. The fourth-order valence-electron chi connectivity index (χ4n) is 1.03. The largest absolute Gasteiger partial charge is 0.467 e. The molecule has 1 aromatic heterocycles. The molecule has 1 atom stereocenters. The summed E-state index contributed by atoms with van der Waals surface area (Å²) in [4.78, 5) is 25.9. The number of halogens is 1. The second kappa shape index (κ2) is 5.20. The van der Waals surface area contributed by atoms with Gasteiger partial charge < -0.3 is 10.1 Å². The molecule has 0 saturated heterocycles. The van der Waals surface area contributed by atoms with E-state index in [1.807, 2.05) is 0 Å². The normalized spacial score (nSPS) is 11.7. The molecule has 16 heavy (non-hydrogen) atoms. The summed E-state index contributed by atoms with van der Waals surface area (Å²) >= 11 is 0. The van der Waals surface area contributed by atoms with Crippen LogP contribution in [0, 0.1) is 5.95 Å². The van der Waals surface area contributed by atoms with Crippen molar-refractivity contribution in [1.82, 2.24) is 10.3 Å². The number of esters is 1. The van der Waals surface area contributed by atoms with Gasteiger partial charge in [0.15, 0.2) is 0 Å². The number of hydrogen-bond acceptors (Lipinski definition) is 4. The van der Waals surface area contributed by atoms with E-state index in [2.05, 4.69) is 15.0 Å². The number of rotatable bonds is 3. The van der Waals surface area contributed by atoms with Crippen LogP contribution in [0.5, 0.6) is 0 Å². The van der Waals surface area contributed by atoms with Gasteiger partial charge in [-0.25, -0.2) is 9.78 Å². The lowest BCUT2D eigenvalue weighted by Gasteiger charge is -2.10. The average molecular weight is 226 g/mol. The Hall–Kier alpha value is -1.98. The molecule has 0 unspecified atom stereocenters. The van der Waals surface area contributed by atoms with Crippen LogP contribution in [0.2, 0.25) is 0 Å². The van der Waals surface area contributed by atoms with Gasteiger partial charge >= 0.3 is 5.97 Å². The predicted octanol–water partition coefficient (Wildman–Crippen LogP) is 0.512. The molecule has 0 bridgehead atoms. The van der Waals surface area contributed by atoms with Gasteiger partial charge in [0.05, 0.1) is 12.7 Å². The third-order valence-corrected chi connectivity index (χ3v) is 1.89. The van der Waals surface area contributed by atoms with E-state index < -0.39 is 23.9 Å². The van der Waals surface area contributed by atoms with Crippen molar-refractivity contribution in [2.45, 2.75) is 13.0 Å². The smallest absolute Gasteiger partial charge is 0.328 e. The summed E-state index contributed by atoms with van der Waals surface area (Å²) in [5.41, 5.74) is 0.178. The van der Waals surface area contributed by atoms with Gasteiger partial charge in [-0.2, -0.15) is 4.39 Å². The number of pyridine rings is 1. The third-order valence-electron chi connectivity index (χ3n) is 1.89. The Bertz CT molecular complexity index is 392. The zero-order valence-corrected chi connectivity index (χ0v) is 8.86. The average Bonchev–Trinajstić information content (AvgIpc) is 2.28. The van der Waals surface area contributed by atoms with E-state index in [4.69, 9.17) is 0 Å². The molecule has 0 spiro atoms. The van der Waals surface area contributed by atoms with Gasteiger partial charge in [-0.05, 0) is 19.1 Å². The topological polar surface area (TPSA) is 68.3 Å². The van der Waals surface area contributed by atoms with Gasteiger partial charge in [-0.3, -0.25) is 4.79 Å². The quantitative estimate of drug-likeness (QED) is 0.602. The lowest BCUT2D eigenvalue weighted by molar-refractivity contribution is -0.142. The lowest BCUT2D eigenvalue weighted by Crippen LogP contribution is -2.39. The molecule has 86 valence electrons. The Labute approximate surface area is 91.6 Å². The van der Waals surface area contributed by atoms with Crippen LogP contribution in [0.4, 0.5) is 4.39 Å². The van der Waals surface area contributed by atoms with E-state index in [1.54, 1.807) is 0 Å². The number of amides is 1. The summed E-state index contributed by atoms with van der Waals surface area (Å²) in [5, 5.41) is 2.39. The van der Waals surface area contributed by atoms with E-state index in [-0.39, 0.29) is 5.56 Å². The first-order valence-corrected chi connectivity index (χ1v) is 4.55. The molecule has 0 aliphatic carbocycles. The summed E-state index contributed by atoms with van der Waals surface area (Å²) in [5.74, 6) is -1.73. The van der Waals surface area contributed by atoms with Gasteiger partial charge in [0.1, 0.15) is 6.04 Å². The van der Waals surface area contributed by atoms with E-state index in [9.17, 15) is 14.0 Å². The standard InChI is InChI=1S/C10H11FN2O3/c1-6(10(15)16-2)13-9(14)7-3-4-8(11)12-5-7/h3-6H,1-2H3,(H,13,14)/t6-/m0/s1. The molecule has 0 radical (unpaired) electrons. The molecule has 1 heterocycles. The lowest BCUT2D eigenvalue weighted by atomic mass is 10.2.